The van der Waals surface area contributed by atoms with Gasteiger partial charge in [0.25, 0.3) is 0 Å². The molecule has 6 heteroatoms. The Bertz CT molecular complexity index is 595. The Morgan fingerprint density at radius 1 is 1.29 bits per heavy atom. The predicted molar refractivity (Wildman–Crippen MR) is 92.4 cm³/mol. The van der Waals surface area contributed by atoms with Crippen molar-refractivity contribution in [1.82, 2.24) is 20.1 Å². The zero-order chi connectivity index (χ0) is 15.4. The first-order valence-corrected chi connectivity index (χ1v) is 8.68. The van der Waals surface area contributed by atoms with Crippen LogP contribution in [0.3, 0.4) is 0 Å². The van der Waals surface area contributed by atoms with Crippen molar-refractivity contribution in [3.63, 3.8) is 0 Å². The quantitative estimate of drug-likeness (QED) is 0.765. The third-order valence-electron chi connectivity index (χ3n) is 3.31. The number of likely N-dealkylation sites (N-methyl/N-ethyl adjacent to an activating group) is 1. The summed E-state index contributed by atoms with van der Waals surface area (Å²) in [5, 5.41) is 7.85. The second kappa shape index (κ2) is 7.51. The van der Waals surface area contributed by atoms with Gasteiger partial charge in [0.15, 0.2) is 0 Å². The summed E-state index contributed by atoms with van der Waals surface area (Å²) >= 11 is 7.16. The Morgan fingerprint density at radius 3 is 2.67 bits per heavy atom. The minimum absolute atomic E-state index is 0.208. The Morgan fingerprint density at radius 2 is 2.05 bits per heavy atom. The molecule has 1 heterocycles. The summed E-state index contributed by atoms with van der Waals surface area (Å²) in [6.07, 6.45) is 2.45. The van der Waals surface area contributed by atoms with Crippen LogP contribution in [0.15, 0.2) is 33.5 Å². The highest BCUT2D eigenvalue weighted by Gasteiger charge is 2.18. The third kappa shape index (κ3) is 4.14. The third-order valence-corrected chi connectivity index (χ3v) is 4.49. The van der Waals surface area contributed by atoms with Crippen molar-refractivity contribution >= 4 is 31.9 Å². The van der Waals surface area contributed by atoms with E-state index in [9.17, 15) is 0 Å². The van der Waals surface area contributed by atoms with Crippen molar-refractivity contribution in [2.24, 2.45) is 0 Å². The molecular formula is C15H20Br2N4. The minimum atomic E-state index is 0.208. The molecule has 21 heavy (non-hydrogen) atoms. The molecular weight excluding hydrogens is 396 g/mol. The van der Waals surface area contributed by atoms with Crippen LogP contribution in [0.25, 0.3) is 0 Å². The van der Waals surface area contributed by atoms with Crippen LogP contribution in [-0.4, -0.2) is 21.3 Å². The lowest BCUT2D eigenvalue weighted by molar-refractivity contribution is 0.468. The smallest absolute Gasteiger partial charge is 0.138 e. The minimum Gasteiger partial charge on any atom is -0.310 e. The fourth-order valence-electron chi connectivity index (χ4n) is 2.36. The molecule has 0 amide bonds. The van der Waals surface area contributed by atoms with Crippen LogP contribution >= 0.6 is 31.9 Å². The molecule has 0 fully saturated rings. The van der Waals surface area contributed by atoms with Crippen LogP contribution in [-0.2, 0) is 6.42 Å². The molecule has 1 aromatic carbocycles. The summed E-state index contributed by atoms with van der Waals surface area (Å²) in [7, 11) is 0. The number of halogens is 2. The highest BCUT2D eigenvalue weighted by molar-refractivity contribution is 9.11. The first-order valence-electron chi connectivity index (χ1n) is 7.09. The number of hydrogen-bond donors (Lipinski definition) is 1. The van der Waals surface area contributed by atoms with E-state index in [2.05, 4.69) is 86.2 Å². The maximum Gasteiger partial charge on any atom is 0.138 e. The molecule has 2 rings (SSSR count). The van der Waals surface area contributed by atoms with Crippen LogP contribution in [0.5, 0.6) is 0 Å². The molecule has 0 aliphatic carbocycles. The molecule has 0 bridgehead atoms. The van der Waals surface area contributed by atoms with Gasteiger partial charge in [0, 0.05) is 27.4 Å². The second-order valence-corrected chi connectivity index (χ2v) is 6.96. The lowest BCUT2D eigenvalue weighted by Crippen LogP contribution is -2.25. The normalized spacial score (nSPS) is 12.9. The van der Waals surface area contributed by atoms with E-state index in [4.69, 9.17) is 0 Å². The SMILES string of the molecule is CCNC(Cc1ncnn1C(C)C)c1ccc(Br)cc1Br. The van der Waals surface area contributed by atoms with E-state index >= 15 is 0 Å². The van der Waals surface area contributed by atoms with Crippen LogP contribution in [0.2, 0.25) is 0 Å². The van der Waals surface area contributed by atoms with E-state index in [1.807, 2.05) is 4.68 Å². The van der Waals surface area contributed by atoms with Crippen molar-refractivity contribution < 1.29 is 0 Å². The zero-order valence-corrected chi connectivity index (χ0v) is 15.6. The standard InChI is InChI=1S/C15H20Br2N4/c1-4-18-14(12-6-5-11(16)7-13(12)17)8-15-19-9-20-21(15)10(2)3/h5-7,9-10,14,18H,4,8H2,1-3H3. The maximum absolute atomic E-state index is 4.42. The van der Waals surface area contributed by atoms with Gasteiger partial charge in [-0.15, -0.1) is 0 Å². The molecule has 0 radical (unpaired) electrons. The average molecular weight is 416 g/mol. The molecule has 1 N–H and O–H groups in total. The molecule has 0 spiro atoms. The van der Waals surface area contributed by atoms with Crippen LogP contribution in [0, 0.1) is 0 Å². The van der Waals surface area contributed by atoms with Crippen molar-refractivity contribution in [3.8, 4) is 0 Å². The summed E-state index contributed by atoms with van der Waals surface area (Å²) in [6.45, 7) is 7.27. The number of hydrogen-bond acceptors (Lipinski definition) is 3. The summed E-state index contributed by atoms with van der Waals surface area (Å²) in [5.41, 5.74) is 1.23. The Kier molecular flexibility index (Phi) is 5.96. The van der Waals surface area contributed by atoms with Gasteiger partial charge in [0.1, 0.15) is 12.2 Å². The Balaban J connectivity index is 2.28. The predicted octanol–water partition coefficient (Wildman–Crippen LogP) is 4.28. The van der Waals surface area contributed by atoms with Crippen molar-refractivity contribution in [3.05, 3.63) is 44.9 Å². The highest BCUT2D eigenvalue weighted by Crippen LogP contribution is 2.29. The second-order valence-electron chi connectivity index (χ2n) is 5.19. The molecule has 1 aromatic heterocycles. The molecule has 1 unspecified atom stereocenters. The first kappa shape index (κ1) is 16.6. The maximum atomic E-state index is 4.42. The van der Waals surface area contributed by atoms with Gasteiger partial charge >= 0.3 is 0 Å². The van der Waals surface area contributed by atoms with E-state index in [1.54, 1.807) is 6.33 Å². The summed E-state index contributed by atoms with van der Waals surface area (Å²) in [5.74, 6) is 1.01. The van der Waals surface area contributed by atoms with Gasteiger partial charge in [-0.2, -0.15) is 5.10 Å². The average Bonchev–Trinajstić information content (AvgIpc) is 2.86. The number of rotatable bonds is 6. The first-order chi connectivity index (χ1) is 10.0. The number of nitrogens with one attached hydrogen (secondary N) is 1. The van der Waals surface area contributed by atoms with Crippen LogP contribution in [0.4, 0.5) is 0 Å². The van der Waals surface area contributed by atoms with Crippen molar-refractivity contribution in [2.45, 2.75) is 39.3 Å². The summed E-state index contributed by atoms with van der Waals surface area (Å²) in [4.78, 5) is 4.42. The molecule has 114 valence electrons. The molecule has 2 aromatic rings. The van der Waals surface area contributed by atoms with Crippen molar-refractivity contribution in [1.29, 1.82) is 0 Å². The lowest BCUT2D eigenvalue weighted by atomic mass is 10.0. The monoisotopic (exact) mass is 414 g/mol. The van der Waals surface area contributed by atoms with Crippen LogP contribution < -0.4 is 5.32 Å². The van der Waals surface area contributed by atoms with Gasteiger partial charge in [-0.05, 0) is 38.1 Å². The van der Waals surface area contributed by atoms with Gasteiger partial charge in [0.05, 0.1) is 0 Å². The van der Waals surface area contributed by atoms with Gasteiger partial charge in [-0.1, -0.05) is 44.8 Å². The van der Waals surface area contributed by atoms with Crippen molar-refractivity contribution in [2.75, 3.05) is 6.54 Å². The molecule has 0 aliphatic rings. The summed E-state index contributed by atoms with van der Waals surface area (Å²) in [6, 6.07) is 6.81. The largest absolute Gasteiger partial charge is 0.310 e. The molecule has 0 saturated heterocycles. The summed E-state index contributed by atoms with van der Waals surface area (Å²) < 4.78 is 4.15. The van der Waals surface area contributed by atoms with E-state index in [0.29, 0.717) is 6.04 Å². The topological polar surface area (TPSA) is 42.7 Å². The molecule has 0 saturated carbocycles. The van der Waals surface area contributed by atoms with E-state index in [0.717, 1.165) is 27.7 Å². The number of nitrogens with zero attached hydrogens (tertiary/aromatic N) is 3. The number of aromatic nitrogens is 3. The fraction of sp³-hybridized carbons (Fsp3) is 0.467. The fourth-order valence-corrected chi connectivity index (χ4v) is 3.68. The van der Waals surface area contributed by atoms with E-state index in [-0.39, 0.29) is 6.04 Å². The molecule has 0 aliphatic heterocycles. The van der Waals surface area contributed by atoms with E-state index < -0.39 is 0 Å². The number of benzene rings is 1. The van der Waals surface area contributed by atoms with Gasteiger partial charge in [0.2, 0.25) is 0 Å². The van der Waals surface area contributed by atoms with Crippen LogP contribution in [0.1, 0.15) is 44.2 Å². The van der Waals surface area contributed by atoms with E-state index in [1.165, 1.54) is 5.56 Å². The zero-order valence-electron chi connectivity index (χ0n) is 12.5. The van der Waals surface area contributed by atoms with Gasteiger partial charge in [-0.3, -0.25) is 0 Å². The van der Waals surface area contributed by atoms with Gasteiger partial charge in [-0.25, -0.2) is 9.67 Å². The Labute approximate surface area is 142 Å². The molecule has 4 nitrogen and oxygen atoms in total. The van der Waals surface area contributed by atoms with Gasteiger partial charge < -0.3 is 5.32 Å². The molecule has 1 atom stereocenters. The Hall–Kier alpha value is -0.720. The lowest BCUT2D eigenvalue weighted by Gasteiger charge is -2.20. The highest BCUT2D eigenvalue weighted by atomic mass is 79.9.